The summed E-state index contributed by atoms with van der Waals surface area (Å²) in [5.41, 5.74) is 10.1. The fourth-order valence-electron chi connectivity index (χ4n) is 1.73. The van der Waals surface area contributed by atoms with E-state index in [1.54, 1.807) is 32.9 Å². The summed E-state index contributed by atoms with van der Waals surface area (Å²) in [5, 5.41) is 0. The first-order valence-corrected chi connectivity index (χ1v) is 7.57. The Bertz CT molecular complexity index is 610. The van der Waals surface area contributed by atoms with Crippen LogP contribution in [0.2, 0.25) is 0 Å². The van der Waals surface area contributed by atoms with E-state index in [1.165, 1.54) is 7.11 Å². The predicted octanol–water partition coefficient (Wildman–Crippen LogP) is 1.45. The third kappa shape index (κ3) is 7.53. The van der Waals surface area contributed by atoms with Crippen LogP contribution in [0.15, 0.2) is 24.3 Å². The van der Waals surface area contributed by atoms with E-state index in [0.29, 0.717) is 5.56 Å². The lowest BCUT2D eigenvalue weighted by molar-refractivity contribution is -0.124. The summed E-state index contributed by atoms with van der Waals surface area (Å²) in [6.07, 6.45) is -1.56. The molecule has 0 aliphatic rings. The SMILES string of the molecule is COC(=O)NNC(C(=O)NNC(=O)OC(C)(C)C)c1ccc(C)cc1. The summed E-state index contributed by atoms with van der Waals surface area (Å²) >= 11 is 0. The van der Waals surface area contributed by atoms with Gasteiger partial charge in [-0.2, -0.15) is 0 Å². The van der Waals surface area contributed by atoms with Gasteiger partial charge in [0, 0.05) is 0 Å². The molecule has 0 radical (unpaired) electrons. The molecule has 4 N–H and O–H groups in total. The van der Waals surface area contributed by atoms with Crippen molar-refractivity contribution < 1.29 is 23.9 Å². The third-order valence-corrected chi connectivity index (χ3v) is 2.86. The summed E-state index contributed by atoms with van der Waals surface area (Å²) < 4.78 is 9.48. The minimum Gasteiger partial charge on any atom is -0.452 e. The van der Waals surface area contributed by atoms with E-state index < -0.39 is 29.7 Å². The lowest BCUT2D eigenvalue weighted by Gasteiger charge is -2.22. The Labute approximate surface area is 146 Å². The summed E-state index contributed by atoms with van der Waals surface area (Å²) in [7, 11) is 1.20. The molecule has 0 saturated carbocycles. The van der Waals surface area contributed by atoms with Gasteiger partial charge in [-0.1, -0.05) is 29.8 Å². The van der Waals surface area contributed by atoms with Gasteiger partial charge in [-0.15, -0.1) is 0 Å². The maximum atomic E-state index is 12.4. The van der Waals surface area contributed by atoms with Gasteiger partial charge >= 0.3 is 12.2 Å². The Hall–Kier alpha value is -2.81. The van der Waals surface area contributed by atoms with E-state index in [4.69, 9.17) is 4.74 Å². The van der Waals surface area contributed by atoms with Gasteiger partial charge in [0.15, 0.2) is 0 Å². The van der Waals surface area contributed by atoms with Crippen LogP contribution in [0.4, 0.5) is 9.59 Å². The molecule has 1 unspecified atom stereocenters. The highest BCUT2D eigenvalue weighted by molar-refractivity contribution is 5.85. The van der Waals surface area contributed by atoms with Gasteiger partial charge in [-0.3, -0.25) is 15.6 Å². The van der Waals surface area contributed by atoms with E-state index in [-0.39, 0.29) is 0 Å². The standard InChI is InChI=1S/C16H24N4O5/c1-10-6-8-11(9-7-10)12(17-19-14(22)24-5)13(21)18-20-15(23)25-16(2,3)4/h6-9,12,17H,1-5H3,(H,18,21)(H,19,22)(H,20,23). The summed E-state index contributed by atoms with van der Waals surface area (Å²) in [5.74, 6) is -0.605. The van der Waals surface area contributed by atoms with E-state index in [1.807, 2.05) is 19.1 Å². The van der Waals surface area contributed by atoms with Crippen LogP contribution in [0, 0.1) is 6.92 Å². The van der Waals surface area contributed by atoms with Crippen molar-refractivity contribution in [2.75, 3.05) is 7.11 Å². The summed E-state index contributed by atoms with van der Waals surface area (Å²) in [6.45, 7) is 7.01. The number of hydrogen-bond donors (Lipinski definition) is 4. The van der Waals surface area contributed by atoms with Gasteiger partial charge in [0.1, 0.15) is 11.6 Å². The molecule has 1 atom stereocenters. The molecule has 3 amide bonds. The monoisotopic (exact) mass is 352 g/mol. The zero-order chi connectivity index (χ0) is 19.0. The number of amides is 3. The highest BCUT2D eigenvalue weighted by Gasteiger charge is 2.23. The Balaban J connectivity index is 2.76. The number of ether oxygens (including phenoxy) is 2. The quantitative estimate of drug-likeness (QED) is 0.609. The number of methoxy groups -OCH3 is 1. The molecular formula is C16H24N4O5. The molecule has 1 aromatic rings. The van der Waals surface area contributed by atoms with E-state index in [0.717, 1.165) is 5.56 Å². The molecule has 25 heavy (non-hydrogen) atoms. The van der Waals surface area contributed by atoms with Crippen molar-refractivity contribution in [3.8, 4) is 0 Å². The van der Waals surface area contributed by atoms with Crippen LogP contribution in [0.3, 0.4) is 0 Å². The number of rotatable bonds is 4. The fraction of sp³-hybridized carbons (Fsp3) is 0.438. The number of hydrazine groups is 2. The Morgan fingerprint density at radius 1 is 0.960 bits per heavy atom. The predicted molar refractivity (Wildman–Crippen MR) is 90.1 cm³/mol. The van der Waals surface area contributed by atoms with Crippen molar-refractivity contribution >= 4 is 18.1 Å². The molecule has 0 aromatic heterocycles. The van der Waals surface area contributed by atoms with Gasteiger partial charge in [0.2, 0.25) is 0 Å². The largest absolute Gasteiger partial charge is 0.452 e. The second kappa shape index (κ2) is 8.88. The first kappa shape index (κ1) is 20.2. The summed E-state index contributed by atoms with van der Waals surface area (Å²) in [4.78, 5) is 35.2. The molecule has 9 nitrogen and oxygen atoms in total. The molecule has 1 rings (SSSR count). The highest BCUT2D eigenvalue weighted by atomic mass is 16.6. The number of carbonyl (C=O) groups is 3. The zero-order valence-corrected chi connectivity index (χ0v) is 14.9. The fourth-order valence-corrected chi connectivity index (χ4v) is 1.73. The van der Waals surface area contributed by atoms with Crippen LogP contribution < -0.4 is 21.7 Å². The van der Waals surface area contributed by atoms with E-state index >= 15 is 0 Å². The lowest BCUT2D eigenvalue weighted by atomic mass is 10.1. The Morgan fingerprint density at radius 3 is 2.08 bits per heavy atom. The van der Waals surface area contributed by atoms with Crippen LogP contribution in [0.25, 0.3) is 0 Å². The van der Waals surface area contributed by atoms with Crippen LogP contribution in [-0.2, 0) is 14.3 Å². The molecular weight excluding hydrogens is 328 g/mol. The number of benzene rings is 1. The number of nitrogens with one attached hydrogen (secondary N) is 4. The summed E-state index contributed by atoms with van der Waals surface area (Å²) in [6, 6.07) is 6.11. The number of carbonyl (C=O) groups excluding carboxylic acids is 3. The third-order valence-electron chi connectivity index (χ3n) is 2.86. The minimum absolute atomic E-state index is 0.575. The van der Waals surface area contributed by atoms with Crippen molar-refractivity contribution in [3.05, 3.63) is 35.4 Å². The lowest BCUT2D eigenvalue weighted by Crippen LogP contribution is -2.51. The Kier molecular flexibility index (Phi) is 7.19. The maximum absolute atomic E-state index is 12.4. The van der Waals surface area contributed by atoms with Gasteiger partial charge in [0.25, 0.3) is 5.91 Å². The first-order chi connectivity index (χ1) is 11.6. The second-order valence-corrected chi connectivity index (χ2v) is 6.22. The van der Waals surface area contributed by atoms with Crippen molar-refractivity contribution in [1.29, 1.82) is 0 Å². The number of aryl methyl sites for hydroxylation is 1. The normalized spacial score (nSPS) is 11.9. The Morgan fingerprint density at radius 2 is 1.56 bits per heavy atom. The van der Waals surface area contributed by atoms with Crippen LogP contribution in [0.1, 0.15) is 37.9 Å². The molecule has 0 heterocycles. The topological polar surface area (TPSA) is 118 Å². The molecule has 0 saturated heterocycles. The van der Waals surface area contributed by atoms with Crippen LogP contribution in [-0.4, -0.2) is 30.8 Å². The van der Waals surface area contributed by atoms with Crippen molar-refractivity contribution in [2.45, 2.75) is 39.3 Å². The first-order valence-electron chi connectivity index (χ1n) is 7.57. The smallest absolute Gasteiger partial charge is 0.426 e. The molecule has 0 spiro atoms. The zero-order valence-electron chi connectivity index (χ0n) is 14.9. The van der Waals surface area contributed by atoms with E-state index in [9.17, 15) is 14.4 Å². The van der Waals surface area contributed by atoms with Gasteiger partial charge in [0.05, 0.1) is 7.11 Å². The second-order valence-electron chi connectivity index (χ2n) is 6.22. The van der Waals surface area contributed by atoms with Crippen molar-refractivity contribution in [2.24, 2.45) is 0 Å². The molecule has 1 aromatic carbocycles. The number of hydrogen-bond acceptors (Lipinski definition) is 6. The average Bonchev–Trinajstić information content (AvgIpc) is 2.52. The van der Waals surface area contributed by atoms with Gasteiger partial charge < -0.3 is 9.47 Å². The molecule has 9 heteroatoms. The molecule has 138 valence electrons. The van der Waals surface area contributed by atoms with Crippen LogP contribution >= 0.6 is 0 Å². The van der Waals surface area contributed by atoms with Crippen LogP contribution in [0.5, 0.6) is 0 Å². The van der Waals surface area contributed by atoms with Gasteiger partial charge in [-0.05, 0) is 33.3 Å². The molecule has 0 aliphatic carbocycles. The van der Waals surface area contributed by atoms with Crippen molar-refractivity contribution in [1.82, 2.24) is 21.7 Å². The van der Waals surface area contributed by atoms with Gasteiger partial charge in [-0.25, -0.2) is 20.4 Å². The minimum atomic E-state index is -0.963. The molecule has 0 aliphatic heterocycles. The highest BCUT2D eigenvalue weighted by Crippen LogP contribution is 2.13. The molecule has 0 fully saturated rings. The maximum Gasteiger partial charge on any atom is 0.426 e. The van der Waals surface area contributed by atoms with Crippen molar-refractivity contribution in [3.63, 3.8) is 0 Å². The molecule has 0 bridgehead atoms. The average molecular weight is 352 g/mol. The van der Waals surface area contributed by atoms with E-state index in [2.05, 4.69) is 26.4 Å².